The highest BCUT2D eigenvalue weighted by atomic mass is 16.5. The normalized spacial score (nSPS) is 11.0. The molecule has 0 fully saturated rings. The van der Waals surface area contributed by atoms with E-state index < -0.39 is 0 Å². The number of nitrogens with zero attached hydrogens (tertiary/aromatic N) is 3. The highest BCUT2D eigenvalue weighted by Gasteiger charge is 2.07. The predicted octanol–water partition coefficient (Wildman–Crippen LogP) is 0.104. The fraction of sp³-hybridized carbons (Fsp3) is 0.545. The predicted molar refractivity (Wildman–Crippen MR) is 67.0 cm³/mol. The van der Waals surface area contributed by atoms with Crippen molar-refractivity contribution in [3.63, 3.8) is 0 Å². The first-order valence-corrected chi connectivity index (χ1v) is 6.00. The quantitative estimate of drug-likeness (QED) is 0.712. The molecule has 2 aromatic rings. The summed E-state index contributed by atoms with van der Waals surface area (Å²) >= 11 is 0. The van der Waals surface area contributed by atoms with Crippen LogP contribution in [-0.4, -0.2) is 39.3 Å². The van der Waals surface area contributed by atoms with Crippen molar-refractivity contribution in [2.45, 2.75) is 20.3 Å². The van der Waals surface area contributed by atoms with Crippen LogP contribution in [0.1, 0.15) is 19.2 Å². The number of H-pyrrole nitrogens is 1. The van der Waals surface area contributed by atoms with E-state index >= 15 is 0 Å². The zero-order valence-electron chi connectivity index (χ0n) is 10.6. The van der Waals surface area contributed by atoms with Crippen LogP contribution in [-0.2, 0) is 0 Å². The van der Waals surface area contributed by atoms with Crippen LogP contribution in [0.5, 0.6) is 5.88 Å². The molecule has 0 aromatic carbocycles. The summed E-state index contributed by atoms with van der Waals surface area (Å²) in [6.45, 7) is 6.14. The molecule has 0 aliphatic rings. The van der Waals surface area contributed by atoms with Crippen LogP contribution < -0.4 is 15.7 Å². The Morgan fingerprint density at radius 2 is 2.33 bits per heavy atom. The molecule has 0 aliphatic carbocycles. The Morgan fingerprint density at radius 1 is 1.50 bits per heavy atom. The van der Waals surface area contributed by atoms with E-state index in [-0.39, 0.29) is 5.69 Å². The maximum absolute atomic E-state index is 11.4. The van der Waals surface area contributed by atoms with Gasteiger partial charge in [0.2, 0.25) is 5.88 Å². The smallest absolute Gasteiger partial charge is 0.349 e. The third-order valence-electron chi connectivity index (χ3n) is 2.50. The van der Waals surface area contributed by atoms with E-state index in [1.165, 1.54) is 4.40 Å². The van der Waals surface area contributed by atoms with E-state index in [1.54, 1.807) is 13.0 Å². The largest absolute Gasteiger partial charge is 0.476 e. The molecule has 2 heterocycles. The molecule has 7 heteroatoms. The first-order valence-electron chi connectivity index (χ1n) is 6.00. The summed E-state index contributed by atoms with van der Waals surface area (Å²) in [5.74, 6) is 1.04. The molecule has 0 radical (unpaired) electrons. The molecule has 0 atom stereocenters. The molecule has 0 amide bonds. The SMILES string of the molecule is CCCNCCOc1cc2n[nH]c(=O)n2c(C)n1. The van der Waals surface area contributed by atoms with Gasteiger partial charge in [0.05, 0.1) is 0 Å². The standard InChI is InChI=1S/C11H17N5O2/c1-3-4-12-5-6-18-10-7-9-14-15-11(17)16(9)8(2)13-10/h7,12H,3-6H2,1-2H3,(H,15,17). The van der Waals surface area contributed by atoms with Crippen molar-refractivity contribution >= 4 is 5.65 Å². The molecule has 2 rings (SSSR count). The molecule has 7 nitrogen and oxygen atoms in total. The topological polar surface area (TPSA) is 84.3 Å². The van der Waals surface area contributed by atoms with Gasteiger partial charge in [0.25, 0.3) is 0 Å². The summed E-state index contributed by atoms with van der Waals surface area (Å²) < 4.78 is 6.91. The molecule has 0 unspecified atom stereocenters. The third-order valence-corrected chi connectivity index (χ3v) is 2.50. The van der Waals surface area contributed by atoms with Gasteiger partial charge in [0.1, 0.15) is 12.4 Å². The summed E-state index contributed by atoms with van der Waals surface area (Å²) in [6.07, 6.45) is 1.10. The van der Waals surface area contributed by atoms with Crippen LogP contribution in [0, 0.1) is 6.92 Å². The summed E-state index contributed by atoms with van der Waals surface area (Å²) in [5.41, 5.74) is 0.232. The van der Waals surface area contributed by atoms with Crippen LogP contribution in [0.2, 0.25) is 0 Å². The van der Waals surface area contributed by atoms with Crippen molar-refractivity contribution in [3.8, 4) is 5.88 Å². The Morgan fingerprint density at radius 3 is 3.11 bits per heavy atom. The fourth-order valence-electron chi connectivity index (χ4n) is 1.67. The molecule has 0 saturated heterocycles. The zero-order valence-corrected chi connectivity index (χ0v) is 10.6. The average Bonchev–Trinajstić information content (AvgIpc) is 2.71. The summed E-state index contributed by atoms with van der Waals surface area (Å²) in [4.78, 5) is 15.6. The number of ether oxygens (including phenoxy) is 1. The Labute approximate surface area is 104 Å². The van der Waals surface area contributed by atoms with Gasteiger partial charge in [-0.25, -0.2) is 14.3 Å². The maximum Gasteiger partial charge on any atom is 0.349 e. The molecule has 0 spiro atoms. The minimum atomic E-state index is -0.286. The lowest BCUT2D eigenvalue weighted by Crippen LogP contribution is -2.22. The third kappa shape index (κ3) is 2.67. The summed E-state index contributed by atoms with van der Waals surface area (Å²) in [6, 6.07) is 1.64. The van der Waals surface area contributed by atoms with Gasteiger partial charge < -0.3 is 10.1 Å². The highest BCUT2D eigenvalue weighted by molar-refractivity contribution is 5.40. The van der Waals surface area contributed by atoms with Crippen LogP contribution in [0.15, 0.2) is 10.9 Å². The van der Waals surface area contributed by atoms with E-state index in [9.17, 15) is 4.79 Å². The van der Waals surface area contributed by atoms with Gasteiger partial charge in [-0.05, 0) is 19.9 Å². The van der Waals surface area contributed by atoms with Gasteiger partial charge in [0.15, 0.2) is 5.65 Å². The number of aromatic amines is 1. The lowest BCUT2D eigenvalue weighted by atomic mass is 10.5. The molecular formula is C11H17N5O2. The van der Waals surface area contributed by atoms with E-state index in [1.807, 2.05) is 0 Å². The Kier molecular flexibility index (Phi) is 3.93. The second-order valence-corrected chi connectivity index (χ2v) is 3.96. The summed E-state index contributed by atoms with van der Waals surface area (Å²) in [7, 11) is 0. The number of rotatable bonds is 6. The van der Waals surface area contributed by atoms with E-state index in [4.69, 9.17) is 4.74 Å². The number of aromatic nitrogens is 4. The van der Waals surface area contributed by atoms with Gasteiger partial charge in [-0.2, -0.15) is 10.1 Å². The van der Waals surface area contributed by atoms with Crippen molar-refractivity contribution in [1.82, 2.24) is 24.9 Å². The van der Waals surface area contributed by atoms with Gasteiger partial charge in [-0.15, -0.1) is 0 Å². The lowest BCUT2D eigenvalue weighted by molar-refractivity contribution is 0.301. The molecule has 0 aliphatic heterocycles. The van der Waals surface area contributed by atoms with Crippen molar-refractivity contribution in [2.75, 3.05) is 19.7 Å². The molecule has 0 bridgehead atoms. The molecule has 18 heavy (non-hydrogen) atoms. The van der Waals surface area contributed by atoms with Gasteiger partial charge in [-0.1, -0.05) is 6.92 Å². The Balaban J connectivity index is 2.03. The van der Waals surface area contributed by atoms with E-state index in [0.29, 0.717) is 24.0 Å². The Bertz CT molecular complexity index is 574. The number of hydrogen-bond acceptors (Lipinski definition) is 5. The van der Waals surface area contributed by atoms with Crippen LogP contribution in [0.4, 0.5) is 0 Å². The van der Waals surface area contributed by atoms with Crippen molar-refractivity contribution in [3.05, 3.63) is 22.4 Å². The Hall–Kier alpha value is -1.89. The van der Waals surface area contributed by atoms with Crippen LogP contribution >= 0.6 is 0 Å². The highest BCUT2D eigenvalue weighted by Crippen LogP contribution is 2.09. The number of nitrogens with one attached hydrogen (secondary N) is 2. The van der Waals surface area contributed by atoms with Gasteiger partial charge >= 0.3 is 5.69 Å². The van der Waals surface area contributed by atoms with E-state index in [2.05, 4.69) is 27.4 Å². The average molecular weight is 251 g/mol. The minimum Gasteiger partial charge on any atom is -0.476 e. The first-order chi connectivity index (χ1) is 8.72. The van der Waals surface area contributed by atoms with Crippen molar-refractivity contribution in [1.29, 1.82) is 0 Å². The molecular weight excluding hydrogens is 234 g/mol. The van der Waals surface area contributed by atoms with Crippen LogP contribution in [0.25, 0.3) is 5.65 Å². The lowest BCUT2D eigenvalue weighted by Gasteiger charge is -2.07. The molecule has 98 valence electrons. The maximum atomic E-state index is 11.4. The molecule has 2 aromatic heterocycles. The van der Waals surface area contributed by atoms with Crippen molar-refractivity contribution < 1.29 is 4.74 Å². The monoisotopic (exact) mass is 251 g/mol. The number of fused-ring (bicyclic) bond motifs is 1. The fourth-order valence-corrected chi connectivity index (χ4v) is 1.67. The van der Waals surface area contributed by atoms with Crippen LogP contribution in [0.3, 0.4) is 0 Å². The van der Waals surface area contributed by atoms with E-state index in [0.717, 1.165) is 19.5 Å². The minimum absolute atomic E-state index is 0.286. The second kappa shape index (κ2) is 5.63. The zero-order chi connectivity index (χ0) is 13.0. The number of hydrogen-bond donors (Lipinski definition) is 2. The van der Waals surface area contributed by atoms with Crippen molar-refractivity contribution in [2.24, 2.45) is 0 Å². The number of aryl methyl sites for hydroxylation is 1. The van der Waals surface area contributed by atoms with Gasteiger partial charge in [-0.3, -0.25) is 0 Å². The first kappa shape index (κ1) is 12.6. The molecule has 0 saturated carbocycles. The molecule has 2 N–H and O–H groups in total. The van der Waals surface area contributed by atoms with Gasteiger partial charge in [0, 0.05) is 12.6 Å². The second-order valence-electron chi connectivity index (χ2n) is 3.96. The summed E-state index contributed by atoms with van der Waals surface area (Å²) in [5, 5.41) is 9.50.